The van der Waals surface area contributed by atoms with Gasteiger partial charge in [-0.1, -0.05) is 0 Å². The minimum Gasteiger partial charge on any atom is -0.478 e. The lowest BCUT2D eigenvalue weighted by molar-refractivity contribution is -0.131. The largest absolute Gasteiger partial charge is 0.478 e. The maximum Gasteiger partial charge on any atom is 0.403 e. The highest BCUT2D eigenvalue weighted by molar-refractivity contribution is 7.55. The summed E-state index contributed by atoms with van der Waals surface area (Å²) in [5.41, 5.74) is -3.96. The number of hydrogen-bond donors (Lipinski definition) is 1. The van der Waals surface area contributed by atoms with Crippen LogP contribution in [0.15, 0.2) is 12.2 Å². The molecule has 0 rings (SSSR count). The molecule has 94 valence electrons. The fourth-order valence-electron chi connectivity index (χ4n) is 0.812. The summed E-state index contributed by atoms with van der Waals surface area (Å²) >= 11 is 0. The Kier molecular flexibility index (Phi) is 5.78. The first-order valence-corrected chi connectivity index (χ1v) is 6.02. The number of carboxylic acid groups (broad SMARTS) is 1. The molecule has 0 heterocycles. The molecule has 0 aromatic rings. The smallest absolute Gasteiger partial charge is 0.403 e. The number of aliphatic carboxylic acids is 1. The normalized spacial score (nSPS) is 13.2. The van der Waals surface area contributed by atoms with E-state index in [1.54, 1.807) is 0 Å². The molecule has 0 aliphatic carbocycles. The van der Waals surface area contributed by atoms with Crippen LogP contribution in [0.3, 0.4) is 0 Å². The van der Waals surface area contributed by atoms with E-state index in [0.29, 0.717) is 0 Å². The van der Waals surface area contributed by atoms with E-state index in [1.165, 1.54) is 13.8 Å². The molecule has 0 atom stereocenters. The van der Waals surface area contributed by atoms with Gasteiger partial charge in [-0.25, -0.2) is 4.79 Å². The molecule has 0 aromatic heterocycles. The zero-order valence-electron chi connectivity index (χ0n) is 8.85. The van der Waals surface area contributed by atoms with Gasteiger partial charge in [0.1, 0.15) is 0 Å². The molecule has 0 aromatic carbocycles. The second-order valence-corrected chi connectivity index (χ2v) is 4.70. The third-order valence-electron chi connectivity index (χ3n) is 1.39. The Labute approximate surface area is 91.6 Å². The van der Waals surface area contributed by atoms with Crippen LogP contribution in [-0.2, 0) is 18.4 Å². The quantitative estimate of drug-likeness (QED) is 0.561. The lowest BCUT2D eigenvalue weighted by atomic mass is 10.5. The van der Waals surface area contributed by atoms with Crippen LogP contribution in [0.5, 0.6) is 0 Å². The standard InChI is InChI=1S/C8H13F2O5P/c1-3-14-16(13,15-4-2)8(9,10)6-5-7(11)12/h5-6H,3-4H2,1-2H3,(H,11,12)/b6-5-. The average molecular weight is 258 g/mol. The SMILES string of the molecule is CCOP(=O)(OCC)C(F)(F)/C=C\C(=O)O. The first-order chi connectivity index (χ1) is 7.29. The van der Waals surface area contributed by atoms with Gasteiger partial charge in [0.2, 0.25) is 0 Å². The van der Waals surface area contributed by atoms with Crippen molar-refractivity contribution in [3.05, 3.63) is 12.2 Å². The molecular formula is C8H13F2O5P. The molecular weight excluding hydrogens is 245 g/mol. The highest BCUT2D eigenvalue weighted by atomic mass is 31.2. The number of hydrogen-bond acceptors (Lipinski definition) is 4. The van der Waals surface area contributed by atoms with Crippen LogP contribution < -0.4 is 0 Å². The second-order valence-electron chi connectivity index (χ2n) is 2.59. The monoisotopic (exact) mass is 258 g/mol. The van der Waals surface area contributed by atoms with Crippen molar-refractivity contribution in [3.63, 3.8) is 0 Å². The Morgan fingerprint density at radius 1 is 1.38 bits per heavy atom. The zero-order valence-corrected chi connectivity index (χ0v) is 9.75. The first kappa shape index (κ1) is 15.2. The van der Waals surface area contributed by atoms with Crippen molar-refractivity contribution >= 4 is 13.6 Å². The van der Waals surface area contributed by atoms with Gasteiger partial charge < -0.3 is 14.2 Å². The molecule has 0 radical (unpaired) electrons. The number of carboxylic acids is 1. The Morgan fingerprint density at radius 3 is 2.12 bits per heavy atom. The molecule has 0 amide bonds. The highest BCUT2D eigenvalue weighted by Gasteiger charge is 2.51. The third-order valence-corrected chi connectivity index (χ3v) is 3.47. The molecule has 0 aliphatic heterocycles. The molecule has 0 spiro atoms. The van der Waals surface area contributed by atoms with Gasteiger partial charge in [-0.2, -0.15) is 8.78 Å². The maximum absolute atomic E-state index is 13.3. The predicted octanol–water partition coefficient (Wildman–Crippen LogP) is 2.49. The van der Waals surface area contributed by atoms with Crippen molar-refractivity contribution < 1.29 is 32.3 Å². The highest BCUT2D eigenvalue weighted by Crippen LogP contribution is 2.62. The van der Waals surface area contributed by atoms with Gasteiger partial charge in [0, 0.05) is 12.2 Å². The molecule has 5 nitrogen and oxygen atoms in total. The van der Waals surface area contributed by atoms with Crippen molar-refractivity contribution in [2.24, 2.45) is 0 Å². The van der Waals surface area contributed by atoms with E-state index >= 15 is 0 Å². The summed E-state index contributed by atoms with van der Waals surface area (Å²) < 4.78 is 47.1. The molecule has 0 saturated carbocycles. The topological polar surface area (TPSA) is 72.8 Å². The van der Waals surface area contributed by atoms with Gasteiger partial charge in [-0.3, -0.25) is 4.57 Å². The molecule has 8 heteroatoms. The summed E-state index contributed by atoms with van der Waals surface area (Å²) in [7, 11) is -4.66. The van der Waals surface area contributed by atoms with E-state index < -0.39 is 19.2 Å². The van der Waals surface area contributed by atoms with Gasteiger partial charge in [-0.05, 0) is 13.8 Å². The fourth-order valence-corrected chi connectivity index (χ4v) is 2.17. The van der Waals surface area contributed by atoms with Gasteiger partial charge in [0.05, 0.1) is 13.2 Å². The molecule has 16 heavy (non-hydrogen) atoms. The van der Waals surface area contributed by atoms with E-state index in [0.717, 1.165) is 0 Å². The van der Waals surface area contributed by atoms with Gasteiger partial charge in [0.15, 0.2) is 0 Å². The van der Waals surface area contributed by atoms with Gasteiger partial charge in [0.25, 0.3) is 0 Å². The van der Waals surface area contributed by atoms with Crippen LogP contribution in [0.25, 0.3) is 0 Å². The fraction of sp³-hybridized carbons (Fsp3) is 0.625. The van der Waals surface area contributed by atoms with Crippen LogP contribution in [0.4, 0.5) is 8.78 Å². The number of rotatable bonds is 7. The van der Waals surface area contributed by atoms with Crippen LogP contribution in [0, 0.1) is 0 Å². The van der Waals surface area contributed by atoms with Crippen molar-refractivity contribution in [1.82, 2.24) is 0 Å². The Bertz CT molecular complexity index is 306. The summed E-state index contributed by atoms with van der Waals surface area (Å²) in [5, 5.41) is 8.21. The average Bonchev–Trinajstić information content (AvgIpc) is 2.15. The number of carbonyl (C=O) groups is 1. The maximum atomic E-state index is 13.3. The minimum absolute atomic E-state index is 0.00142. The summed E-state index contributed by atoms with van der Waals surface area (Å²) in [6, 6.07) is 0. The predicted molar refractivity (Wildman–Crippen MR) is 52.6 cm³/mol. The van der Waals surface area contributed by atoms with Crippen molar-refractivity contribution in [2.75, 3.05) is 13.2 Å². The van der Waals surface area contributed by atoms with E-state index in [4.69, 9.17) is 5.11 Å². The third kappa shape index (κ3) is 4.00. The number of allylic oxidation sites excluding steroid dienone is 1. The lowest BCUT2D eigenvalue weighted by Crippen LogP contribution is -2.18. The van der Waals surface area contributed by atoms with Gasteiger partial charge in [-0.15, -0.1) is 0 Å². The Balaban J connectivity index is 5.03. The van der Waals surface area contributed by atoms with Gasteiger partial charge >= 0.3 is 19.2 Å². The van der Waals surface area contributed by atoms with Crippen LogP contribution in [0.2, 0.25) is 0 Å². The van der Waals surface area contributed by atoms with E-state index in [9.17, 15) is 18.1 Å². The minimum atomic E-state index is -4.66. The summed E-state index contributed by atoms with van der Waals surface area (Å²) in [6.45, 7) is 2.30. The summed E-state index contributed by atoms with van der Waals surface area (Å²) in [5.74, 6) is -1.57. The van der Waals surface area contributed by atoms with Crippen molar-refractivity contribution in [3.8, 4) is 0 Å². The lowest BCUT2D eigenvalue weighted by Gasteiger charge is -2.22. The van der Waals surface area contributed by atoms with Crippen LogP contribution >= 0.6 is 7.60 Å². The van der Waals surface area contributed by atoms with Crippen LogP contribution in [0.1, 0.15) is 13.8 Å². The van der Waals surface area contributed by atoms with E-state index in [2.05, 4.69) is 9.05 Å². The molecule has 1 N–H and O–H groups in total. The number of alkyl halides is 2. The van der Waals surface area contributed by atoms with E-state index in [-0.39, 0.29) is 25.4 Å². The van der Waals surface area contributed by atoms with E-state index in [1.807, 2.05) is 0 Å². The molecule has 0 bridgehead atoms. The second kappa shape index (κ2) is 6.08. The molecule has 0 unspecified atom stereocenters. The Hall–Kier alpha value is -0.780. The summed E-state index contributed by atoms with van der Waals surface area (Å²) in [6.07, 6.45) is 0.201. The van der Waals surface area contributed by atoms with Crippen molar-refractivity contribution in [1.29, 1.82) is 0 Å². The zero-order chi connectivity index (χ0) is 12.8. The van der Waals surface area contributed by atoms with Crippen LogP contribution in [-0.4, -0.2) is 30.0 Å². The summed E-state index contributed by atoms with van der Waals surface area (Å²) in [4.78, 5) is 10.1. The Morgan fingerprint density at radius 2 is 1.81 bits per heavy atom. The molecule has 0 fully saturated rings. The van der Waals surface area contributed by atoms with Crippen molar-refractivity contribution in [2.45, 2.75) is 19.5 Å². The first-order valence-electron chi connectivity index (χ1n) is 4.48. The molecule has 0 saturated heterocycles. The molecule has 0 aliphatic rings. The number of halogens is 2.